The molecule has 0 aromatic rings. The monoisotopic (exact) mass is 512 g/mol. The summed E-state index contributed by atoms with van der Waals surface area (Å²) < 4.78 is 11.6. The predicted octanol–water partition coefficient (Wildman–Crippen LogP) is 5.02. The lowest BCUT2D eigenvalue weighted by molar-refractivity contribution is -0.214. The van der Waals surface area contributed by atoms with Crippen LogP contribution in [0.5, 0.6) is 0 Å². The second kappa shape index (κ2) is 7.28. The lowest BCUT2D eigenvalue weighted by Gasteiger charge is -2.69. The normalized spacial score (nSPS) is 53.6. The van der Waals surface area contributed by atoms with E-state index in [4.69, 9.17) is 9.47 Å². The van der Waals surface area contributed by atoms with E-state index < -0.39 is 16.2 Å². The van der Waals surface area contributed by atoms with Crippen LogP contribution < -0.4 is 0 Å². The van der Waals surface area contributed by atoms with Gasteiger partial charge in [0.2, 0.25) is 0 Å². The van der Waals surface area contributed by atoms with Crippen molar-refractivity contribution in [1.82, 2.24) is 0 Å². The molecule has 2 bridgehead atoms. The number of ether oxygens (including phenoxy) is 2. The van der Waals surface area contributed by atoms with Crippen LogP contribution in [0.1, 0.15) is 92.9 Å². The molecule has 0 radical (unpaired) electrons. The Morgan fingerprint density at radius 2 is 1.68 bits per heavy atom. The number of ketones is 1. The fourth-order valence-corrected chi connectivity index (χ4v) is 11.2. The Morgan fingerprint density at radius 1 is 0.973 bits per heavy atom. The van der Waals surface area contributed by atoms with Gasteiger partial charge in [0, 0.05) is 17.8 Å². The van der Waals surface area contributed by atoms with Gasteiger partial charge in [0.25, 0.3) is 0 Å². The maximum Gasteiger partial charge on any atom is 0.316 e. The third kappa shape index (κ3) is 2.74. The Bertz CT molecular complexity index is 1120. The number of esters is 2. The van der Waals surface area contributed by atoms with Crippen molar-refractivity contribution in [2.75, 3.05) is 7.11 Å². The Labute approximate surface area is 220 Å². The van der Waals surface area contributed by atoms with Crippen molar-refractivity contribution in [1.29, 1.82) is 0 Å². The highest BCUT2D eigenvalue weighted by Gasteiger charge is 2.75. The molecule has 37 heavy (non-hydrogen) atoms. The molecule has 6 heteroatoms. The average molecular weight is 513 g/mol. The van der Waals surface area contributed by atoms with Crippen LogP contribution >= 0.6 is 0 Å². The molecule has 6 aliphatic rings. The van der Waals surface area contributed by atoms with E-state index in [1.54, 1.807) is 0 Å². The van der Waals surface area contributed by atoms with Crippen LogP contribution in [0.3, 0.4) is 0 Å². The van der Waals surface area contributed by atoms with E-state index in [-0.39, 0.29) is 63.9 Å². The molecule has 1 saturated heterocycles. The van der Waals surface area contributed by atoms with Crippen molar-refractivity contribution < 1.29 is 29.0 Å². The Hall–Kier alpha value is -1.69. The Morgan fingerprint density at radius 3 is 2.35 bits per heavy atom. The van der Waals surface area contributed by atoms with Crippen LogP contribution in [0.2, 0.25) is 0 Å². The number of carbonyl (C=O) groups is 3. The summed E-state index contributed by atoms with van der Waals surface area (Å²) in [6.45, 7) is 12.9. The zero-order valence-corrected chi connectivity index (χ0v) is 23.6. The summed E-state index contributed by atoms with van der Waals surface area (Å²) >= 11 is 0. The smallest absolute Gasteiger partial charge is 0.316 e. The average Bonchev–Trinajstić information content (AvgIpc) is 3.08. The summed E-state index contributed by atoms with van der Waals surface area (Å²) in [6, 6.07) is 0. The molecule has 0 aromatic heterocycles. The first kappa shape index (κ1) is 25.6. The molecule has 0 amide bonds. The molecule has 1 N–H and O–H groups in total. The molecule has 10 atom stereocenters. The van der Waals surface area contributed by atoms with E-state index in [0.717, 1.165) is 31.3 Å². The fraction of sp³-hybridized carbons (Fsp3) is 0.839. The van der Waals surface area contributed by atoms with Crippen molar-refractivity contribution in [3.05, 3.63) is 11.6 Å². The minimum absolute atomic E-state index is 0.0765. The summed E-state index contributed by atoms with van der Waals surface area (Å²) in [7, 11) is 1.48. The van der Waals surface area contributed by atoms with Gasteiger partial charge < -0.3 is 14.6 Å². The van der Waals surface area contributed by atoms with Crippen LogP contribution in [0, 0.1) is 50.2 Å². The molecule has 4 saturated carbocycles. The molecular formula is C31H44O6. The Kier molecular flexibility index (Phi) is 5.03. The second-order valence-electron chi connectivity index (χ2n) is 15.1. The molecule has 1 heterocycles. The van der Waals surface area contributed by atoms with Gasteiger partial charge in [-0.05, 0) is 91.6 Å². The van der Waals surface area contributed by atoms with Crippen molar-refractivity contribution in [2.24, 2.45) is 50.2 Å². The zero-order valence-electron chi connectivity index (χ0n) is 23.6. The Balaban J connectivity index is 1.55. The minimum atomic E-state index is -0.894. The first-order valence-electron chi connectivity index (χ1n) is 14.4. The van der Waals surface area contributed by atoms with E-state index in [9.17, 15) is 19.5 Å². The second-order valence-corrected chi connectivity index (χ2v) is 15.1. The predicted molar refractivity (Wildman–Crippen MR) is 137 cm³/mol. The number of hydrogen-bond donors (Lipinski definition) is 1. The van der Waals surface area contributed by atoms with E-state index >= 15 is 0 Å². The largest absolute Gasteiger partial charge is 0.468 e. The lowest BCUT2D eigenvalue weighted by atomic mass is 9.33. The molecule has 6 nitrogen and oxygen atoms in total. The maximum absolute atomic E-state index is 14.4. The van der Waals surface area contributed by atoms with Crippen molar-refractivity contribution >= 4 is 17.7 Å². The summed E-state index contributed by atoms with van der Waals surface area (Å²) in [5, 5.41) is 10.9. The summed E-state index contributed by atoms with van der Waals surface area (Å²) in [5.74, 6) is -0.442. The van der Waals surface area contributed by atoms with Crippen molar-refractivity contribution in [2.45, 2.75) is 105 Å². The molecule has 204 valence electrons. The number of fused-ring (bicyclic) bond motifs is 10. The molecule has 5 fully saturated rings. The van der Waals surface area contributed by atoms with Crippen LogP contribution in [0.4, 0.5) is 0 Å². The van der Waals surface area contributed by atoms with Gasteiger partial charge in [-0.1, -0.05) is 34.6 Å². The maximum atomic E-state index is 14.4. The summed E-state index contributed by atoms with van der Waals surface area (Å²) in [6.07, 6.45) is 7.00. The number of carbonyl (C=O) groups excluding carboxylic acids is 3. The number of hydrogen-bond acceptors (Lipinski definition) is 6. The van der Waals surface area contributed by atoms with Crippen LogP contribution in [0.25, 0.3) is 0 Å². The molecular weight excluding hydrogens is 468 g/mol. The topological polar surface area (TPSA) is 89.9 Å². The molecule has 0 aromatic carbocycles. The molecule has 0 spiro atoms. The third-order valence-corrected chi connectivity index (χ3v) is 13.3. The number of allylic oxidation sites excluding steroid dienone is 1. The molecule has 1 aliphatic heterocycles. The van der Waals surface area contributed by atoms with Gasteiger partial charge in [0.15, 0.2) is 5.78 Å². The quantitative estimate of drug-likeness (QED) is 0.497. The van der Waals surface area contributed by atoms with Gasteiger partial charge >= 0.3 is 11.9 Å². The first-order chi connectivity index (χ1) is 17.1. The molecule has 6 rings (SSSR count). The number of methoxy groups -OCH3 is 1. The number of rotatable bonds is 1. The highest BCUT2D eigenvalue weighted by atomic mass is 16.6. The minimum Gasteiger partial charge on any atom is -0.468 e. The van der Waals surface area contributed by atoms with Gasteiger partial charge in [-0.15, -0.1) is 0 Å². The van der Waals surface area contributed by atoms with Gasteiger partial charge in [-0.3, -0.25) is 14.4 Å². The van der Waals surface area contributed by atoms with Crippen LogP contribution in [0.15, 0.2) is 11.6 Å². The molecule has 5 aliphatic carbocycles. The first-order valence-corrected chi connectivity index (χ1v) is 14.4. The van der Waals surface area contributed by atoms with E-state index in [1.807, 2.05) is 13.0 Å². The van der Waals surface area contributed by atoms with Crippen LogP contribution in [-0.2, 0) is 23.9 Å². The van der Waals surface area contributed by atoms with Crippen LogP contribution in [-0.4, -0.2) is 42.1 Å². The fourth-order valence-electron chi connectivity index (χ4n) is 11.2. The third-order valence-electron chi connectivity index (χ3n) is 13.3. The van der Waals surface area contributed by atoms with E-state index in [1.165, 1.54) is 7.11 Å². The number of aliphatic hydroxyl groups is 1. The lowest BCUT2D eigenvalue weighted by Crippen LogP contribution is -2.69. The van der Waals surface area contributed by atoms with Gasteiger partial charge in [-0.25, -0.2) is 0 Å². The summed E-state index contributed by atoms with van der Waals surface area (Å²) in [5.41, 5.74) is -2.06. The van der Waals surface area contributed by atoms with Gasteiger partial charge in [0.1, 0.15) is 6.10 Å². The SMILES string of the molecule is COC(=O)[C@@]12CC[C@@]3(C)[C@@H]4C[C@](C)(C[C@@H]3C1=CC(=O)[C@@H]1[C@]3(C)CC[C@@H](O)C(C)(C)[C@H]3CC[C@]12C)C(=O)O4. The summed E-state index contributed by atoms with van der Waals surface area (Å²) in [4.78, 5) is 41.4. The highest BCUT2D eigenvalue weighted by molar-refractivity contribution is 5.99. The number of aliphatic hydroxyl groups excluding tert-OH is 1. The molecule has 0 unspecified atom stereocenters. The zero-order chi connectivity index (χ0) is 27.0. The standard InChI is InChI=1S/C31H44O6/c1-26(2)20-8-11-30(6)23(29(20,5)10-9-21(26)33)19(32)14-17-18-15-27(3)16-22(37-24(27)34)28(18,4)12-13-31(17,30)25(35)36-7/h14,18,20-23,33H,8-13,15-16H2,1-7H3/t18-,20-,21-,22+,23-,27+,28-,29-,30-,31-/m1/s1. The van der Waals surface area contributed by atoms with E-state index in [2.05, 4.69) is 34.6 Å². The van der Waals surface area contributed by atoms with Crippen molar-refractivity contribution in [3.63, 3.8) is 0 Å². The van der Waals surface area contributed by atoms with Gasteiger partial charge in [0.05, 0.1) is 24.0 Å². The van der Waals surface area contributed by atoms with E-state index in [0.29, 0.717) is 25.7 Å². The van der Waals surface area contributed by atoms with Crippen molar-refractivity contribution in [3.8, 4) is 0 Å². The van der Waals surface area contributed by atoms with Gasteiger partial charge in [-0.2, -0.15) is 0 Å². The highest BCUT2D eigenvalue weighted by Crippen LogP contribution is 2.76.